The van der Waals surface area contributed by atoms with E-state index in [9.17, 15) is 4.79 Å². The summed E-state index contributed by atoms with van der Waals surface area (Å²) < 4.78 is 6.04. The van der Waals surface area contributed by atoms with Gasteiger partial charge in [-0.05, 0) is 33.6 Å². The van der Waals surface area contributed by atoms with Crippen LogP contribution in [0.15, 0.2) is 70.9 Å². The maximum atomic E-state index is 12.6. The number of ether oxygens (including phenoxy) is 1. The first-order valence-electron chi connectivity index (χ1n) is 6.61. The molecule has 3 nitrogen and oxygen atoms in total. The molecule has 0 saturated heterocycles. The summed E-state index contributed by atoms with van der Waals surface area (Å²) in [7, 11) is 1.52. The topological polar surface area (TPSA) is 29.5 Å². The van der Waals surface area contributed by atoms with Crippen molar-refractivity contribution in [3.8, 4) is 0 Å². The van der Waals surface area contributed by atoms with Crippen LogP contribution in [-0.2, 0) is 9.53 Å². The molecule has 0 bridgehead atoms. The highest BCUT2D eigenvalue weighted by atomic mass is 79.9. The number of para-hydroxylation sites is 1. The molecular formula is C17H14BrNO2. The summed E-state index contributed by atoms with van der Waals surface area (Å²) in [5, 5.41) is 0. The molecule has 21 heavy (non-hydrogen) atoms. The van der Waals surface area contributed by atoms with Crippen LogP contribution in [0.4, 0.5) is 5.69 Å². The number of hydrogen-bond acceptors (Lipinski definition) is 2. The molecule has 1 atom stereocenters. The van der Waals surface area contributed by atoms with Crippen molar-refractivity contribution in [2.75, 3.05) is 12.0 Å². The molecule has 2 aromatic rings. The molecule has 106 valence electrons. The SMILES string of the molecule is COC1=C(Br)C(c2ccccc2)N(c2ccccc2)C1=O. The van der Waals surface area contributed by atoms with Crippen LogP contribution in [-0.4, -0.2) is 13.0 Å². The van der Waals surface area contributed by atoms with Gasteiger partial charge in [-0.2, -0.15) is 0 Å². The summed E-state index contributed by atoms with van der Waals surface area (Å²) in [5.74, 6) is 0.220. The molecule has 2 aromatic carbocycles. The van der Waals surface area contributed by atoms with E-state index in [1.165, 1.54) is 7.11 Å². The summed E-state index contributed by atoms with van der Waals surface area (Å²) in [5.41, 5.74) is 1.88. The number of nitrogens with zero attached hydrogens (tertiary/aromatic N) is 1. The van der Waals surface area contributed by atoms with Crippen molar-refractivity contribution in [1.29, 1.82) is 0 Å². The first-order valence-corrected chi connectivity index (χ1v) is 7.40. The predicted molar refractivity (Wildman–Crippen MR) is 86.1 cm³/mol. The molecule has 3 rings (SSSR count). The maximum Gasteiger partial charge on any atom is 0.295 e. The van der Waals surface area contributed by atoms with Crippen LogP contribution < -0.4 is 4.90 Å². The average molecular weight is 344 g/mol. The third kappa shape index (κ3) is 2.36. The van der Waals surface area contributed by atoms with Gasteiger partial charge in [0.25, 0.3) is 5.91 Å². The van der Waals surface area contributed by atoms with Gasteiger partial charge in [0.1, 0.15) is 0 Å². The van der Waals surface area contributed by atoms with Crippen LogP contribution in [0.3, 0.4) is 0 Å². The van der Waals surface area contributed by atoms with E-state index in [-0.39, 0.29) is 11.9 Å². The monoisotopic (exact) mass is 343 g/mol. The molecule has 1 unspecified atom stereocenters. The Balaban J connectivity index is 2.12. The number of carbonyl (C=O) groups excluding carboxylic acids is 1. The van der Waals surface area contributed by atoms with E-state index in [2.05, 4.69) is 15.9 Å². The molecular weight excluding hydrogens is 330 g/mol. The molecule has 0 aromatic heterocycles. The van der Waals surface area contributed by atoms with E-state index in [4.69, 9.17) is 4.74 Å². The zero-order valence-electron chi connectivity index (χ0n) is 11.5. The van der Waals surface area contributed by atoms with E-state index in [1.54, 1.807) is 4.90 Å². The Kier molecular flexibility index (Phi) is 3.80. The minimum absolute atomic E-state index is 0.135. The van der Waals surface area contributed by atoms with Gasteiger partial charge in [0.05, 0.1) is 17.6 Å². The second-order valence-corrected chi connectivity index (χ2v) is 5.56. The lowest BCUT2D eigenvalue weighted by atomic mass is 10.1. The van der Waals surface area contributed by atoms with Gasteiger partial charge in [0.15, 0.2) is 5.76 Å². The Bertz CT molecular complexity index is 682. The molecule has 1 aliphatic rings. The number of amides is 1. The van der Waals surface area contributed by atoms with Crippen molar-refractivity contribution < 1.29 is 9.53 Å². The fourth-order valence-corrected chi connectivity index (χ4v) is 3.34. The quantitative estimate of drug-likeness (QED) is 0.842. The Morgan fingerprint density at radius 3 is 2.14 bits per heavy atom. The Labute approximate surface area is 132 Å². The highest BCUT2D eigenvalue weighted by Crippen LogP contribution is 2.43. The van der Waals surface area contributed by atoms with Gasteiger partial charge in [-0.15, -0.1) is 0 Å². The van der Waals surface area contributed by atoms with Crippen molar-refractivity contribution in [2.45, 2.75) is 6.04 Å². The van der Waals surface area contributed by atoms with Gasteiger partial charge < -0.3 is 4.74 Å². The zero-order valence-corrected chi connectivity index (χ0v) is 13.1. The third-order valence-electron chi connectivity index (χ3n) is 3.48. The fraction of sp³-hybridized carbons (Fsp3) is 0.118. The van der Waals surface area contributed by atoms with Crippen molar-refractivity contribution in [1.82, 2.24) is 0 Å². The van der Waals surface area contributed by atoms with Gasteiger partial charge in [-0.1, -0.05) is 48.5 Å². The first kappa shape index (κ1) is 13.9. The zero-order chi connectivity index (χ0) is 14.8. The Morgan fingerprint density at radius 2 is 1.57 bits per heavy atom. The number of methoxy groups -OCH3 is 1. The minimum atomic E-state index is -0.198. The number of halogens is 1. The van der Waals surface area contributed by atoms with Gasteiger partial charge in [0.2, 0.25) is 0 Å². The molecule has 1 aliphatic heterocycles. The lowest BCUT2D eigenvalue weighted by Gasteiger charge is -2.25. The first-order chi connectivity index (χ1) is 10.2. The number of anilines is 1. The second-order valence-electron chi connectivity index (χ2n) is 4.71. The van der Waals surface area contributed by atoms with E-state index >= 15 is 0 Å². The van der Waals surface area contributed by atoms with Crippen molar-refractivity contribution in [3.05, 3.63) is 76.5 Å². The smallest absolute Gasteiger partial charge is 0.295 e. The lowest BCUT2D eigenvalue weighted by molar-refractivity contribution is -0.117. The number of benzene rings is 2. The van der Waals surface area contributed by atoms with Crippen molar-refractivity contribution in [2.24, 2.45) is 0 Å². The molecule has 0 N–H and O–H groups in total. The van der Waals surface area contributed by atoms with Crippen LogP contribution in [0.1, 0.15) is 11.6 Å². The molecule has 1 amide bonds. The number of rotatable bonds is 3. The summed E-state index contributed by atoms with van der Waals surface area (Å²) in [6, 6.07) is 19.3. The van der Waals surface area contributed by atoms with Crippen LogP contribution in [0, 0.1) is 0 Å². The minimum Gasteiger partial charge on any atom is -0.490 e. The van der Waals surface area contributed by atoms with Gasteiger partial charge in [-0.25, -0.2) is 0 Å². The highest BCUT2D eigenvalue weighted by molar-refractivity contribution is 9.11. The van der Waals surface area contributed by atoms with Crippen molar-refractivity contribution in [3.63, 3.8) is 0 Å². The molecule has 4 heteroatoms. The average Bonchev–Trinajstić information content (AvgIpc) is 2.79. The van der Waals surface area contributed by atoms with Gasteiger partial charge in [0, 0.05) is 5.69 Å². The molecule has 0 fully saturated rings. The third-order valence-corrected chi connectivity index (χ3v) is 4.28. The van der Waals surface area contributed by atoms with Gasteiger partial charge in [-0.3, -0.25) is 9.69 Å². The van der Waals surface area contributed by atoms with Crippen LogP contribution in [0.5, 0.6) is 0 Å². The Hall–Kier alpha value is -2.07. The van der Waals surface area contributed by atoms with E-state index in [1.807, 2.05) is 60.7 Å². The number of hydrogen-bond donors (Lipinski definition) is 0. The lowest BCUT2D eigenvalue weighted by Crippen LogP contribution is -2.30. The molecule has 1 heterocycles. The maximum absolute atomic E-state index is 12.6. The van der Waals surface area contributed by atoms with E-state index in [0.29, 0.717) is 5.76 Å². The van der Waals surface area contributed by atoms with Crippen LogP contribution >= 0.6 is 15.9 Å². The van der Waals surface area contributed by atoms with Gasteiger partial charge >= 0.3 is 0 Å². The summed E-state index contributed by atoms with van der Waals surface area (Å²) >= 11 is 3.54. The summed E-state index contributed by atoms with van der Waals surface area (Å²) in [6.45, 7) is 0. The fourth-order valence-electron chi connectivity index (χ4n) is 2.54. The summed E-state index contributed by atoms with van der Waals surface area (Å²) in [4.78, 5) is 14.4. The number of carbonyl (C=O) groups is 1. The molecule has 0 saturated carbocycles. The normalized spacial score (nSPS) is 18.3. The molecule has 0 aliphatic carbocycles. The van der Waals surface area contributed by atoms with Crippen molar-refractivity contribution >= 4 is 27.5 Å². The predicted octanol–water partition coefficient (Wildman–Crippen LogP) is 4.03. The Morgan fingerprint density at radius 1 is 1.00 bits per heavy atom. The standard InChI is InChI=1S/C17H14BrNO2/c1-21-16-14(18)15(12-8-4-2-5-9-12)19(17(16)20)13-10-6-3-7-11-13/h2-11,15H,1H3. The molecule has 0 spiro atoms. The summed E-state index contributed by atoms with van der Waals surface area (Å²) in [6.07, 6.45) is 0. The van der Waals surface area contributed by atoms with E-state index < -0.39 is 0 Å². The molecule has 0 radical (unpaired) electrons. The van der Waals surface area contributed by atoms with E-state index in [0.717, 1.165) is 15.7 Å². The second kappa shape index (κ2) is 5.74. The van der Waals surface area contributed by atoms with Crippen LogP contribution in [0.25, 0.3) is 0 Å². The van der Waals surface area contributed by atoms with Crippen LogP contribution in [0.2, 0.25) is 0 Å². The largest absolute Gasteiger partial charge is 0.490 e. The highest BCUT2D eigenvalue weighted by Gasteiger charge is 2.41.